The van der Waals surface area contributed by atoms with Crippen molar-refractivity contribution in [1.29, 1.82) is 0 Å². The predicted octanol–water partition coefficient (Wildman–Crippen LogP) is 4.05. The summed E-state index contributed by atoms with van der Waals surface area (Å²) in [5.41, 5.74) is 6.15. The SMILES string of the molecule is C[CH-]c1c(C)nc(C)c([CH-]C)c1C.[CH3-].[CH3-].[Y].[Y]. The summed E-state index contributed by atoms with van der Waals surface area (Å²) in [6.45, 7) is 10.4. The van der Waals surface area contributed by atoms with Gasteiger partial charge in [0.2, 0.25) is 0 Å². The van der Waals surface area contributed by atoms with E-state index in [-0.39, 0.29) is 80.3 Å². The van der Waals surface area contributed by atoms with Crippen LogP contribution in [0.5, 0.6) is 0 Å². The zero-order valence-corrected chi connectivity index (χ0v) is 17.9. The first-order valence-corrected chi connectivity index (χ1v) is 4.68. The quantitative estimate of drug-likeness (QED) is 0.703. The van der Waals surface area contributed by atoms with Gasteiger partial charge in [-0.1, -0.05) is 46.0 Å². The Hall–Kier alpha value is 1.10. The van der Waals surface area contributed by atoms with E-state index >= 15 is 0 Å². The molecule has 0 aliphatic heterocycles. The van der Waals surface area contributed by atoms with Crippen LogP contribution in [0.15, 0.2) is 0 Å². The molecule has 1 heterocycles. The Morgan fingerprint density at radius 1 is 0.765 bits per heavy atom. The molecule has 0 amide bonds. The molecular formula is C14H23NY2-4. The summed E-state index contributed by atoms with van der Waals surface area (Å²) in [5.74, 6) is 0. The Morgan fingerprint density at radius 3 is 1.29 bits per heavy atom. The zero-order chi connectivity index (χ0) is 10.0. The van der Waals surface area contributed by atoms with Crippen LogP contribution >= 0.6 is 0 Å². The van der Waals surface area contributed by atoms with Crippen molar-refractivity contribution in [2.75, 3.05) is 0 Å². The van der Waals surface area contributed by atoms with Crippen LogP contribution in [-0.4, -0.2) is 4.98 Å². The number of hydrogen-bond donors (Lipinski definition) is 0. The van der Waals surface area contributed by atoms with Gasteiger partial charge in [-0.15, -0.1) is 0 Å². The standard InChI is InChI=1S/C12H17N.2CH3.2Y/c1-6-11-8(3)12(7-2)10(5)13-9(11)4;;;;/h6-7H,1-5H3;2*1H3;;/q-2;2*-1;;. The van der Waals surface area contributed by atoms with Crippen molar-refractivity contribution in [3.63, 3.8) is 0 Å². The van der Waals surface area contributed by atoms with Gasteiger partial charge in [0.1, 0.15) is 0 Å². The van der Waals surface area contributed by atoms with Crippen LogP contribution in [-0.2, 0) is 65.4 Å². The molecule has 94 valence electrons. The average molecular weight is 383 g/mol. The number of aryl methyl sites for hydroxylation is 2. The molecule has 0 fully saturated rings. The summed E-state index contributed by atoms with van der Waals surface area (Å²) in [5, 5.41) is 0. The summed E-state index contributed by atoms with van der Waals surface area (Å²) >= 11 is 0. The van der Waals surface area contributed by atoms with E-state index in [0.29, 0.717) is 0 Å². The molecule has 17 heavy (non-hydrogen) atoms. The maximum absolute atomic E-state index is 4.51. The van der Waals surface area contributed by atoms with Gasteiger partial charge in [0, 0.05) is 65.4 Å². The first-order valence-electron chi connectivity index (χ1n) is 4.68. The van der Waals surface area contributed by atoms with Crippen molar-refractivity contribution < 1.29 is 65.4 Å². The van der Waals surface area contributed by atoms with Gasteiger partial charge >= 0.3 is 0 Å². The molecular weight excluding hydrogens is 360 g/mol. The first kappa shape index (κ1) is 26.6. The summed E-state index contributed by atoms with van der Waals surface area (Å²) in [6.07, 6.45) is 4.26. The van der Waals surface area contributed by atoms with E-state index in [1.54, 1.807) is 0 Å². The minimum absolute atomic E-state index is 0. The first-order chi connectivity index (χ1) is 6.11. The summed E-state index contributed by atoms with van der Waals surface area (Å²) in [6, 6.07) is 0. The summed E-state index contributed by atoms with van der Waals surface area (Å²) < 4.78 is 0. The van der Waals surface area contributed by atoms with Gasteiger partial charge in [-0.2, -0.15) is 29.5 Å². The average Bonchev–Trinajstić information content (AvgIpc) is 2.04. The van der Waals surface area contributed by atoms with Crippen molar-refractivity contribution in [2.24, 2.45) is 0 Å². The molecule has 3 heteroatoms. The van der Waals surface area contributed by atoms with Crippen LogP contribution in [0.1, 0.15) is 41.9 Å². The number of aromatic nitrogens is 1. The van der Waals surface area contributed by atoms with Crippen molar-refractivity contribution in [1.82, 2.24) is 4.98 Å². The van der Waals surface area contributed by atoms with Crippen LogP contribution in [0.25, 0.3) is 0 Å². The fourth-order valence-electron chi connectivity index (χ4n) is 1.91. The Balaban J connectivity index is -0.000000211. The maximum Gasteiger partial charge on any atom is 0 e. The molecule has 1 aromatic rings. The molecule has 0 bridgehead atoms. The third-order valence-corrected chi connectivity index (χ3v) is 2.50. The van der Waals surface area contributed by atoms with Crippen LogP contribution in [0.2, 0.25) is 0 Å². The van der Waals surface area contributed by atoms with Gasteiger partial charge in [-0.25, -0.2) is 0 Å². The summed E-state index contributed by atoms with van der Waals surface area (Å²) in [4.78, 5) is 4.51. The van der Waals surface area contributed by atoms with E-state index in [9.17, 15) is 0 Å². The van der Waals surface area contributed by atoms with Crippen molar-refractivity contribution in [3.05, 3.63) is 55.8 Å². The molecule has 0 aromatic carbocycles. The Labute approximate surface area is 159 Å². The molecule has 0 unspecified atom stereocenters. The van der Waals surface area contributed by atoms with Crippen molar-refractivity contribution >= 4 is 0 Å². The predicted molar refractivity (Wildman–Crippen MR) is 69.4 cm³/mol. The second-order valence-corrected chi connectivity index (χ2v) is 3.31. The second kappa shape index (κ2) is 12.1. The molecule has 0 spiro atoms. The van der Waals surface area contributed by atoms with E-state index in [0.717, 1.165) is 11.4 Å². The van der Waals surface area contributed by atoms with Gasteiger partial charge in [0.15, 0.2) is 0 Å². The number of pyridine rings is 1. The number of nitrogens with zero attached hydrogens (tertiary/aromatic N) is 1. The minimum Gasteiger partial charge on any atom is -0.386 e. The minimum atomic E-state index is 0. The molecule has 1 rings (SSSR count). The van der Waals surface area contributed by atoms with Gasteiger partial charge < -0.3 is 19.8 Å². The van der Waals surface area contributed by atoms with Crippen LogP contribution in [0, 0.1) is 48.5 Å². The third kappa shape index (κ3) is 6.19. The Morgan fingerprint density at radius 2 is 1.06 bits per heavy atom. The largest absolute Gasteiger partial charge is 0.386 e. The van der Waals surface area contributed by atoms with Gasteiger partial charge in [-0.05, 0) is 0 Å². The molecule has 0 aliphatic carbocycles. The third-order valence-electron chi connectivity index (χ3n) is 2.50. The maximum atomic E-state index is 4.51. The molecule has 2 radical (unpaired) electrons. The molecule has 0 N–H and O–H groups in total. The molecule has 0 saturated heterocycles. The van der Waals surface area contributed by atoms with Gasteiger partial charge in [-0.3, -0.25) is 0 Å². The van der Waals surface area contributed by atoms with E-state index in [2.05, 4.69) is 52.4 Å². The van der Waals surface area contributed by atoms with Crippen LogP contribution < -0.4 is 0 Å². The van der Waals surface area contributed by atoms with Gasteiger partial charge in [0.05, 0.1) is 0 Å². The van der Waals surface area contributed by atoms with E-state index < -0.39 is 0 Å². The van der Waals surface area contributed by atoms with Gasteiger partial charge in [0.25, 0.3) is 0 Å². The monoisotopic (exact) mass is 383 g/mol. The van der Waals surface area contributed by atoms with E-state index in [4.69, 9.17) is 0 Å². The fraction of sp³-hybridized carbons (Fsp3) is 0.357. The van der Waals surface area contributed by atoms with Crippen molar-refractivity contribution in [2.45, 2.75) is 34.6 Å². The normalized spacial score (nSPS) is 7.59. The van der Waals surface area contributed by atoms with Crippen LogP contribution in [0.4, 0.5) is 0 Å². The Kier molecular flexibility index (Phi) is 19.0. The van der Waals surface area contributed by atoms with Crippen LogP contribution in [0.3, 0.4) is 0 Å². The zero-order valence-electron chi connectivity index (χ0n) is 12.3. The number of hydrogen-bond acceptors (Lipinski definition) is 1. The second-order valence-electron chi connectivity index (χ2n) is 3.31. The topological polar surface area (TPSA) is 12.9 Å². The molecule has 1 nitrogen and oxygen atoms in total. The smallest absolute Gasteiger partial charge is 0 e. The summed E-state index contributed by atoms with van der Waals surface area (Å²) in [7, 11) is 0. The molecule has 0 aliphatic rings. The van der Waals surface area contributed by atoms with E-state index in [1.807, 2.05) is 0 Å². The molecule has 0 saturated carbocycles. The fourth-order valence-corrected chi connectivity index (χ4v) is 1.91. The van der Waals surface area contributed by atoms with E-state index in [1.165, 1.54) is 16.7 Å². The Bertz CT molecular complexity index is 294. The molecule has 1 aromatic heterocycles. The number of rotatable bonds is 2. The van der Waals surface area contributed by atoms with Crippen molar-refractivity contribution in [3.8, 4) is 0 Å². The molecule has 0 atom stereocenters.